The van der Waals surface area contributed by atoms with E-state index in [1.165, 1.54) is 63.5 Å². The van der Waals surface area contributed by atoms with Gasteiger partial charge >= 0.3 is 5.97 Å². The van der Waals surface area contributed by atoms with Gasteiger partial charge in [-0.1, -0.05) is 90.9 Å². The molecule has 2 aromatic rings. The van der Waals surface area contributed by atoms with Gasteiger partial charge in [0.05, 0.1) is 11.5 Å². The molecule has 7 heteroatoms. The van der Waals surface area contributed by atoms with Crippen LogP contribution in [0.2, 0.25) is 0 Å². The Morgan fingerprint density at radius 1 is 0.718 bits per heavy atom. The molecular weight excluding hydrogens is 512 g/mol. The zero-order chi connectivity index (χ0) is 28.1. The fourth-order valence-corrected chi connectivity index (χ4v) is 5.01. The van der Waals surface area contributed by atoms with E-state index < -0.39 is 17.2 Å². The molecule has 0 aromatic heterocycles. The number of phenols is 1. The third-order valence-corrected chi connectivity index (χ3v) is 7.63. The fraction of sp³-hybridized carbons (Fsp3) is 0.594. The number of carbonyl (C=O) groups is 1. The number of rotatable bonds is 22. The average molecular weight is 561 g/mol. The molecule has 2 unspecified atom stereocenters. The topological polar surface area (TPSA) is 82.1 Å². The number of benzene rings is 2. The summed E-state index contributed by atoms with van der Waals surface area (Å²) in [7, 11) is 0. The second-order valence-corrected chi connectivity index (χ2v) is 11.2. The minimum atomic E-state index is -1.71. The summed E-state index contributed by atoms with van der Waals surface area (Å²) in [6.07, 6.45) is 16.5. The smallest absolute Gasteiger partial charge is 0.347 e. The maximum absolute atomic E-state index is 12.8. The van der Waals surface area contributed by atoms with Crippen LogP contribution in [0.15, 0.2) is 53.4 Å². The number of hydrogen-bond acceptors (Lipinski definition) is 6. The summed E-state index contributed by atoms with van der Waals surface area (Å²) in [6, 6.07) is 12.8. The van der Waals surface area contributed by atoms with E-state index in [1.54, 1.807) is 36.4 Å². The molecule has 218 valence electrons. The number of carbonyl (C=O) groups excluding carboxylic acids is 1. The third kappa shape index (κ3) is 14.4. The quantitative estimate of drug-likeness (QED) is 0.115. The third-order valence-electron chi connectivity index (χ3n) is 6.63. The van der Waals surface area contributed by atoms with Gasteiger partial charge in [0.15, 0.2) is 6.10 Å². The molecule has 1 N–H and O–H groups in total. The van der Waals surface area contributed by atoms with E-state index in [1.807, 2.05) is 0 Å². The van der Waals surface area contributed by atoms with Crippen LogP contribution >= 0.6 is 0 Å². The Bertz CT molecular complexity index is 929. The van der Waals surface area contributed by atoms with Gasteiger partial charge in [-0.25, -0.2) is 9.00 Å². The van der Waals surface area contributed by atoms with Crippen molar-refractivity contribution in [2.45, 2.75) is 121 Å². The van der Waals surface area contributed by atoms with Crippen molar-refractivity contribution >= 4 is 17.0 Å². The van der Waals surface area contributed by atoms with Gasteiger partial charge in [-0.15, -0.1) is 0 Å². The Balaban J connectivity index is 1.83. The average Bonchev–Trinajstić information content (AvgIpc) is 2.94. The molecular formula is C32H48O6S. The molecule has 2 rings (SSSR count). The van der Waals surface area contributed by atoms with Crippen molar-refractivity contribution in [2.24, 2.45) is 0 Å². The van der Waals surface area contributed by atoms with E-state index in [2.05, 4.69) is 13.8 Å². The molecule has 0 saturated carbocycles. The lowest BCUT2D eigenvalue weighted by Crippen LogP contribution is -2.29. The number of esters is 1. The van der Waals surface area contributed by atoms with Crippen LogP contribution in [0.1, 0.15) is 110 Å². The molecule has 0 saturated heterocycles. The SMILES string of the molecule is CCCCCCCCCCCCC(Oc1ccc(OS(=O)c2ccc(O)cc2)cc1)C(=O)OCCCCCC. The van der Waals surface area contributed by atoms with Crippen LogP contribution in [0.4, 0.5) is 0 Å². The Kier molecular flexibility index (Phi) is 17.1. The van der Waals surface area contributed by atoms with Crippen molar-refractivity contribution in [1.82, 2.24) is 0 Å². The highest BCUT2D eigenvalue weighted by molar-refractivity contribution is 7.80. The second kappa shape index (κ2) is 20.4. The maximum Gasteiger partial charge on any atom is 0.347 e. The second-order valence-electron chi connectivity index (χ2n) is 10.1. The standard InChI is InChI=1S/C32H48O6S/c1-3-5-7-9-10-11-12-13-14-15-17-31(32(34)36-26-16-8-6-4-2)37-28-20-22-29(23-21-28)38-39(35)30-24-18-27(33)19-25-30/h18-25,31,33H,3-17,26H2,1-2H3. The van der Waals surface area contributed by atoms with Gasteiger partial charge in [0, 0.05) is 0 Å². The van der Waals surface area contributed by atoms with Crippen LogP contribution in [0.25, 0.3) is 0 Å². The molecule has 0 aliphatic carbocycles. The fourth-order valence-electron chi connectivity index (χ4n) is 4.27. The van der Waals surface area contributed by atoms with Crippen molar-refractivity contribution in [3.05, 3.63) is 48.5 Å². The van der Waals surface area contributed by atoms with E-state index in [0.717, 1.165) is 38.5 Å². The van der Waals surface area contributed by atoms with Gasteiger partial charge in [-0.05, 0) is 67.8 Å². The molecule has 2 aromatic carbocycles. The molecule has 0 radical (unpaired) electrons. The van der Waals surface area contributed by atoms with E-state index in [-0.39, 0.29) is 11.7 Å². The van der Waals surface area contributed by atoms with Gasteiger partial charge in [-0.2, -0.15) is 0 Å². The highest BCUT2D eigenvalue weighted by Gasteiger charge is 2.22. The van der Waals surface area contributed by atoms with E-state index in [0.29, 0.717) is 29.4 Å². The molecule has 0 aliphatic rings. The van der Waals surface area contributed by atoms with Crippen LogP contribution in [-0.4, -0.2) is 28.0 Å². The van der Waals surface area contributed by atoms with Crippen molar-refractivity contribution < 1.29 is 27.8 Å². The van der Waals surface area contributed by atoms with Crippen LogP contribution < -0.4 is 8.92 Å². The molecule has 6 nitrogen and oxygen atoms in total. The van der Waals surface area contributed by atoms with E-state index in [9.17, 15) is 14.1 Å². The number of phenolic OH excluding ortho intramolecular Hbond substituents is 1. The molecule has 0 aliphatic heterocycles. The largest absolute Gasteiger partial charge is 0.508 e. The zero-order valence-corrected chi connectivity index (χ0v) is 24.7. The predicted octanol–water partition coefficient (Wildman–Crippen LogP) is 8.68. The normalized spacial score (nSPS) is 12.6. The molecule has 2 atom stereocenters. The maximum atomic E-state index is 12.8. The van der Waals surface area contributed by atoms with Crippen LogP contribution in [0.3, 0.4) is 0 Å². The number of unbranched alkanes of at least 4 members (excludes halogenated alkanes) is 12. The lowest BCUT2D eigenvalue weighted by atomic mass is 10.0. The highest BCUT2D eigenvalue weighted by Crippen LogP contribution is 2.23. The molecule has 0 heterocycles. The summed E-state index contributed by atoms with van der Waals surface area (Å²) in [4.78, 5) is 13.3. The Morgan fingerprint density at radius 3 is 1.82 bits per heavy atom. The van der Waals surface area contributed by atoms with E-state index in [4.69, 9.17) is 13.7 Å². The molecule has 0 bridgehead atoms. The first-order valence-electron chi connectivity index (χ1n) is 14.9. The minimum Gasteiger partial charge on any atom is -0.508 e. The first-order valence-corrected chi connectivity index (χ1v) is 15.9. The van der Waals surface area contributed by atoms with Crippen LogP contribution in [0, 0.1) is 0 Å². The van der Waals surface area contributed by atoms with Crippen LogP contribution in [0.5, 0.6) is 17.2 Å². The van der Waals surface area contributed by atoms with Crippen molar-refractivity contribution in [3.63, 3.8) is 0 Å². The van der Waals surface area contributed by atoms with Gasteiger partial charge in [0.25, 0.3) is 0 Å². The predicted molar refractivity (Wildman–Crippen MR) is 158 cm³/mol. The first-order chi connectivity index (χ1) is 19.0. The Hall–Kier alpha value is -2.54. The lowest BCUT2D eigenvalue weighted by molar-refractivity contribution is -0.152. The summed E-state index contributed by atoms with van der Waals surface area (Å²) >= 11 is -1.71. The van der Waals surface area contributed by atoms with Gasteiger partial charge in [0.1, 0.15) is 17.2 Å². The van der Waals surface area contributed by atoms with Crippen molar-refractivity contribution in [2.75, 3.05) is 6.61 Å². The first kappa shape index (κ1) is 32.7. The van der Waals surface area contributed by atoms with E-state index >= 15 is 0 Å². The highest BCUT2D eigenvalue weighted by atomic mass is 32.2. The van der Waals surface area contributed by atoms with Gasteiger partial charge < -0.3 is 18.8 Å². The molecule has 0 amide bonds. The van der Waals surface area contributed by atoms with Gasteiger partial charge in [0.2, 0.25) is 11.1 Å². The Morgan fingerprint density at radius 2 is 1.23 bits per heavy atom. The summed E-state index contributed by atoms with van der Waals surface area (Å²) < 4.78 is 29.6. The summed E-state index contributed by atoms with van der Waals surface area (Å²) in [6.45, 7) is 4.82. The summed E-state index contributed by atoms with van der Waals surface area (Å²) in [5.74, 6) is 0.747. The van der Waals surface area contributed by atoms with Crippen LogP contribution in [-0.2, 0) is 20.6 Å². The molecule has 39 heavy (non-hydrogen) atoms. The van der Waals surface area contributed by atoms with Crippen molar-refractivity contribution in [1.29, 1.82) is 0 Å². The lowest BCUT2D eigenvalue weighted by Gasteiger charge is -2.18. The van der Waals surface area contributed by atoms with Gasteiger partial charge in [-0.3, -0.25) is 0 Å². The molecule has 0 spiro atoms. The zero-order valence-electron chi connectivity index (χ0n) is 23.9. The summed E-state index contributed by atoms with van der Waals surface area (Å²) in [5.41, 5.74) is 0. The van der Waals surface area contributed by atoms with Crippen molar-refractivity contribution in [3.8, 4) is 17.2 Å². The number of aromatic hydroxyl groups is 1. The Labute approximate surface area is 238 Å². The number of hydrogen-bond donors (Lipinski definition) is 1. The number of ether oxygens (including phenoxy) is 2. The summed E-state index contributed by atoms with van der Waals surface area (Å²) in [5, 5.41) is 9.40. The minimum absolute atomic E-state index is 0.101. The molecule has 0 fully saturated rings. The monoisotopic (exact) mass is 560 g/mol.